The third-order valence-electron chi connectivity index (χ3n) is 6.95. The molecule has 0 radical (unpaired) electrons. The summed E-state index contributed by atoms with van der Waals surface area (Å²) in [6, 6.07) is 6.53. The Morgan fingerprint density at radius 3 is 2.66 bits per heavy atom. The second kappa shape index (κ2) is 8.74. The van der Waals surface area contributed by atoms with Gasteiger partial charge in [-0.3, -0.25) is 14.5 Å². The highest BCUT2D eigenvalue weighted by Crippen LogP contribution is 2.34. The van der Waals surface area contributed by atoms with Crippen LogP contribution in [0, 0.1) is 18.8 Å². The van der Waals surface area contributed by atoms with Gasteiger partial charge in [0.25, 0.3) is 0 Å². The van der Waals surface area contributed by atoms with Crippen molar-refractivity contribution >= 4 is 17.5 Å². The first-order valence-electron chi connectivity index (χ1n) is 11.0. The number of fused-ring (bicyclic) bond motifs is 2. The molecule has 3 aliphatic heterocycles. The van der Waals surface area contributed by atoms with Gasteiger partial charge in [-0.25, -0.2) is 0 Å². The SMILES string of the molecule is CC(=O)N1CCC(N2CC[C@H]3CC(=O)Nc4cc(C)ccc4OCC[C@H]3C2)CC1. The van der Waals surface area contributed by atoms with E-state index in [9.17, 15) is 9.59 Å². The minimum absolute atomic E-state index is 0.0977. The maximum atomic E-state index is 12.7. The molecule has 1 aromatic carbocycles. The summed E-state index contributed by atoms with van der Waals surface area (Å²) in [6.45, 7) is 8.19. The quantitative estimate of drug-likeness (QED) is 0.788. The summed E-state index contributed by atoms with van der Waals surface area (Å²) in [6.07, 6.45) is 4.75. The van der Waals surface area contributed by atoms with Gasteiger partial charge in [0.1, 0.15) is 5.75 Å². The molecule has 6 heteroatoms. The molecule has 1 N–H and O–H groups in total. The zero-order valence-electron chi connectivity index (χ0n) is 17.7. The molecule has 0 spiro atoms. The summed E-state index contributed by atoms with van der Waals surface area (Å²) in [5.74, 6) is 1.95. The Morgan fingerprint density at radius 1 is 1.10 bits per heavy atom. The minimum atomic E-state index is 0.0977. The van der Waals surface area contributed by atoms with Crippen molar-refractivity contribution in [1.82, 2.24) is 9.80 Å². The van der Waals surface area contributed by atoms with Crippen LogP contribution in [0.5, 0.6) is 5.75 Å². The second-order valence-electron chi connectivity index (χ2n) is 8.93. The fourth-order valence-corrected chi connectivity index (χ4v) is 5.21. The molecule has 2 fully saturated rings. The number of hydrogen-bond donors (Lipinski definition) is 1. The van der Waals surface area contributed by atoms with Gasteiger partial charge in [0.05, 0.1) is 12.3 Å². The Labute approximate surface area is 173 Å². The number of piperidine rings is 2. The molecule has 3 aliphatic rings. The molecule has 0 unspecified atom stereocenters. The van der Waals surface area contributed by atoms with E-state index in [1.165, 1.54) is 0 Å². The van der Waals surface area contributed by atoms with Crippen LogP contribution in [0.4, 0.5) is 5.69 Å². The molecular weight excluding hydrogens is 366 g/mol. The van der Waals surface area contributed by atoms with Crippen molar-refractivity contribution in [3.63, 3.8) is 0 Å². The van der Waals surface area contributed by atoms with Gasteiger partial charge < -0.3 is 15.0 Å². The van der Waals surface area contributed by atoms with Gasteiger partial charge in [-0.1, -0.05) is 6.07 Å². The fourth-order valence-electron chi connectivity index (χ4n) is 5.21. The zero-order valence-corrected chi connectivity index (χ0v) is 17.7. The van der Waals surface area contributed by atoms with Crippen LogP contribution in [0.25, 0.3) is 0 Å². The Hall–Kier alpha value is -2.08. The van der Waals surface area contributed by atoms with Crippen molar-refractivity contribution in [3.05, 3.63) is 23.8 Å². The smallest absolute Gasteiger partial charge is 0.224 e. The summed E-state index contributed by atoms with van der Waals surface area (Å²) in [7, 11) is 0. The molecule has 29 heavy (non-hydrogen) atoms. The molecule has 2 atom stereocenters. The highest BCUT2D eigenvalue weighted by atomic mass is 16.5. The Morgan fingerprint density at radius 2 is 1.90 bits per heavy atom. The van der Waals surface area contributed by atoms with Gasteiger partial charge in [-0.2, -0.15) is 0 Å². The molecule has 6 nitrogen and oxygen atoms in total. The fraction of sp³-hybridized carbons (Fsp3) is 0.652. The number of nitrogens with zero attached hydrogens (tertiary/aromatic N) is 2. The first-order valence-corrected chi connectivity index (χ1v) is 11.0. The first-order chi connectivity index (χ1) is 14.0. The van der Waals surface area contributed by atoms with E-state index in [-0.39, 0.29) is 11.8 Å². The first kappa shape index (κ1) is 20.2. The Kier molecular flexibility index (Phi) is 6.09. The van der Waals surface area contributed by atoms with Crippen molar-refractivity contribution in [3.8, 4) is 5.75 Å². The number of carbonyl (C=O) groups excluding carboxylic acids is 2. The number of carbonyl (C=O) groups is 2. The molecule has 0 bridgehead atoms. The maximum Gasteiger partial charge on any atom is 0.224 e. The van der Waals surface area contributed by atoms with E-state index in [2.05, 4.69) is 10.2 Å². The molecule has 0 saturated carbocycles. The highest BCUT2D eigenvalue weighted by molar-refractivity contribution is 5.92. The van der Waals surface area contributed by atoms with E-state index < -0.39 is 0 Å². The summed E-state index contributed by atoms with van der Waals surface area (Å²) in [5.41, 5.74) is 1.91. The normalized spacial score (nSPS) is 26.7. The van der Waals surface area contributed by atoms with Crippen LogP contribution >= 0.6 is 0 Å². The van der Waals surface area contributed by atoms with E-state index in [0.29, 0.717) is 30.9 Å². The van der Waals surface area contributed by atoms with Crippen molar-refractivity contribution in [1.29, 1.82) is 0 Å². The van der Waals surface area contributed by atoms with E-state index >= 15 is 0 Å². The van der Waals surface area contributed by atoms with Gasteiger partial charge in [0.15, 0.2) is 0 Å². The van der Waals surface area contributed by atoms with Crippen LogP contribution in [0.2, 0.25) is 0 Å². The molecule has 3 heterocycles. The lowest BCUT2D eigenvalue weighted by Crippen LogP contribution is -2.51. The van der Waals surface area contributed by atoms with Crippen LogP contribution in [0.1, 0.15) is 44.6 Å². The predicted molar refractivity (Wildman–Crippen MR) is 113 cm³/mol. The van der Waals surface area contributed by atoms with E-state index in [1.807, 2.05) is 30.0 Å². The molecule has 4 rings (SSSR count). The lowest BCUT2D eigenvalue weighted by molar-refractivity contribution is -0.130. The van der Waals surface area contributed by atoms with E-state index in [4.69, 9.17) is 4.74 Å². The van der Waals surface area contributed by atoms with Crippen molar-refractivity contribution in [2.24, 2.45) is 11.8 Å². The van der Waals surface area contributed by atoms with Gasteiger partial charge in [-0.15, -0.1) is 0 Å². The van der Waals surface area contributed by atoms with Crippen LogP contribution in [-0.4, -0.2) is 60.4 Å². The van der Waals surface area contributed by atoms with Gasteiger partial charge in [-0.05, 0) is 68.7 Å². The van der Waals surface area contributed by atoms with Crippen LogP contribution in [-0.2, 0) is 9.59 Å². The molecule has 2 saturated heterocycles. The monoisotopic (exact) mass is 399 g/mol. The third-order valence-corrected chi connectivity index (χ3v) is 6.95. The number of likely N-dealkylation sites (tertiary alicyclic amines) is 2. The predicted octanol–water partition coefficient (Wildman–Crippen LogP) is 3.06. The molecule has 0 aromatic heterocycles. The summed E-state index contributed by atoms with van der Waals surface area (Å²) in [5, 5.41) is 3.08. The largest absolute Gasteiger partial charge is 0.491 e. The van der Waals surface area contributed by atoms with Crippen molar-refractivity contribution in [2.75, 3.05) is 38.1 Å². The number of aryl methyl sites for hydroxylation is 1. The number of nitrogens with one attached hydrogen (secondary N) is 1. The number of hydrogen-bond acceptors (Lipinski definition) is 4. The molecule has 1 aromatic rings. The average Bonchev–Trinajstić information content (AvgIpc) is 2.70. The lowest BCUT2D eigenvalue weighted by atomic mass is 9.80. The molecular formula is C23H33N3O3. The van der Waals surface area contributed by atoms with Gasteiger partial charge in [0, 0.05) is 39.0 Å². The van der Waals surface area contributed by atoms with Crippen LogP contribution in [0.3, 0.4) is 0 Å². The number of benzene rings is 1. The second-order valence-corrected chi connectivity index (χ2v) is 8.93. The minimum Gasteiger partial charge on any atom is -0.491 e. The molecule has 158 valence electrons. The third kappa shape index (κ3) is 4.74. The number of ether oxygens (including phenoxy) is 1. The standard InChI is InChI=1S/C23H33N3O3/c1-16-3-4-22-21(13-16)24-23(28)14-18-5-9-26(15-19(18)8-12-29-22)20-6-10-25(11-7-20)17(2)27/h3-4,13,18-20H,5-12,14-15H2,1-2H3,(H,24,28)/t18-,19-/m0/s1. The number of rotatable bonds is 1. The molecule has 0 aliphatic carbocycles. The van der Waals surface area contributed by atoms with E-state index in [1.54, 1.807) is 6.92 Å². The topological polar surface area (TPSA) is 61.9 Å². The average molecular weight is 400 g/mol. The van der Waals surface area contributed by atoms with Gasteiger partial charge >= 0.3 is 0 Å². The zero-order chi connectivity index (χ0) is 20.4. The van der Waals surface area contributed by atoms with Crippen molar-refractivity contribution in [2.45, 2.75) is 52.0 Å². The number of anilines is 1. The lowest BCUT2D eigenvalue weighted by Gasteiger charge is -2.45. The highest BCUT2D eigenvalue weighted by Gasteiger charge is 2.35. The summed E-state index contributed by atoms with van der Waals surface area (Å²) >= 11 is 0. The van der Waals surface area contributed by atoms with Crippen LogP contribution in [0.15, 0.2) is 18.2 Å². The number of amides is 2. The summed E-state index contributed by atoms with van der Waals surface area (Å²) < 4.78 is 6.06. The van der Waals surface area contributed by atoms with Crippen LogP contribution < -0.4 is 10.1 Å². The van der Waals surface area contributed by atoms with Crippen molar-refractivity contribution < 1.29 is 14.3 Å². The molecule has 2 amide bonds. The van der Waals surface area contributed by atoms with E-state index in [0.717, 1.165) is 68.9 Å². The Bertz CT molecular complexity index is 758. The summed E-state index contributed by atoms with van der Waals surface area (Å²) in [4.78, 5) is 28.9. The maximum absolute atomic E-state index is 12.7. The van der Waals surface area contributed by atoms with Gasteiger partial charge in [0.2, 0.25) is 11.8 Å². The Balaban J connectivity index is 1.40.